The maximum absolute atomic E-state index is 5.14. The smallest absolute Gasteiger partial charge is 0.164 e. The first kappa shape index (κ1) is 27.7. The van der Waals surface area contributed by atoms with Gasteiger partial charge in [-0.25, -0.2) is 15.0 Å². The molecule has 2 aliphatic rings. The lowest BCUT2D eigenvalue weighted by Gasteiger charge is -2.31. The van der Waals surface area contributed by atoms with E-state index in [1.807, 2.05) is 47.7 Å². The normalized spacial score (nSPS) is 15.3. The van der Waals surface area contributed by atoms with Crippen molar-refractivity contribution >= 4 is 31.5 Å². The van der Waals surface area contributed by atoms with Gasteiger partial charge >= 0.3 is 0 Å². The summed E-state index contributed by atoms with van der Waals surface area (Å²) < 4.78 is 2.67. The summed E-state index contributed by atoms with van der Waals surface area (Å²) >= 11 is 1.91. The zero-order valence-corrected chi connectivity index (χ0v) is 27.7. The summed E-state index contributed by atoms with van der Waals surface area (Å²) in [6.45, 7) is 0. The molecule has 7 aromatic carbocycles. The lowest BCUT2D eigenvalue weighted by molar-refractivity contribution is 0.802. The van der Waals surface area contributed by atoms with Gasteiger partial charge in [-0.15, -0.1) is 11.3 Å². The molecule has 11 rings (SSSR count). The maximum Gasteiger partial charge on any atom is 0.164 e. The number of hydrogen-bond acceptors (Lipinski definition) is 4. The van der Waals surface area contributed by atoms with Gasteiger partial charge in [0, 0.05) is 36.9 Å². The molecule has 4 heteroatoms. The molecule has 0 radical (unpaired) electrons. The van der Waals surface area contributed by atoms with Crippen molar-refractivity contribution in [2.24, 2.45) is 0 Å². The molecule has 50 heavy (non-hydrogen) atoms. The zero-order chi connectivity index (χ0) is 32.8. The average molecular weight is 654 g/mol. The fourth-order valence-corrected chi connectivity index (χ4v) is 9.79. The minimum atomic E-state index is -0.494. The topological polar surface area (TPSA) is 38.7 Å². The Morgan fingerprint density at radius 1 is 0.380 bits per heavy atom. The van der Waals surface area contributed by atoms with Gasteiger partial charge in [0.1, 0.15) is 0 Å². The summed E-state index contributed by atoms with van der Waals surface area (Å²) in [5, 5.41) is 2.63. The standard InChI is InChI=1S/C46H27N3S/c1-3-13-28(14-4-1)43-47-44(29-15-5-2-6-16-29)49-45(48-43)30-23-24-33-31-17-7-10-20-37(31)46(39(33)27-30)38-21-11-8-18-32(38)35-25-26-36-34-19-9-12-22-40(34)50-42(36)41(35)46/h1-27H. The number of fused-ring (bicyclic) bond motifs is 14. The van der Waals surface area contributed by atoms with Gasteiger partial charge in [0.15, 0.2) is 17.5 Å². The van der Waals surface area contributed by atoms with E-state index in [4.69, 9.17) is 15.0 Å². The lowest BCUT2D eigenvalue weighted by Crippen LogP contribution is -2.26. The highest BCUT2D eigenvalue weighted by atomic mass is 32.1. The zero-order valence-electron chi connectivity index (χ0n) is 26.8. The number of aromatic nitrogens is 3. The summed E-state index contributed by atoms with van der Waals surface area (Å²) in [5.74, 6) is 1.99. The monoisotopic (exact) mass is 653 g/mol. The minimum absolute atomic E-state index is 0.494. The van der Waals surface area contributed by atoms with Crippen LogP contribution in [0, 0.1) is 0 Å². The summed E-state index contributed by atoms with van der Waals surface area (Å²) in [5.41, 5.74) is 12.9. The van der Waals surface area contributed by atoms with Crippen LogP contribution in [0.4, 0.5) is 0 Å². The minimum Gasteiger partial charge on any atom is -0.208 e. The molecule has 0 saturated heterocycles. The van der Waals surface area contributed by atoms with E-state index in [9.17, 15) is 0 Å². The predicted molar refractivity (Wildman–Crippen MR) is 205 cm³/mol. The number of nitrogens with zero attached hydrogens (tertiary/aromatic N) is 3. The largest absolute Gasteiger partial charge is 0.208 e. The fourth-order valence-electron chi connectivity index (χ4n) is 8.48. The van der Waals surface area contributed by atoms with Crippen molar-refractivity contribution in [3.8, 4) is 56.4 Å². The Labute approximate surface area is 293 Å². The number of thiophene rings is 1. The first-order valence-corrected chi connectivity index (χ1v) is 17.8. The van der Waals surface area contributed by atoms with Gasteiger partial charge in [-0.2, -0.15) is 0 Å². The molecule has 0 aliphatic heterocycles. The Morgan fingerprint density at radius 3 is 1.58 bits per heavy atom. The first-order chi connectivity index (χ1) is 24.8. The Morgan fingerprint density at radius 2 is 0.900 bits per heavy atom. The summed E-state index contributed by atoms with van der Waals surface area (Å²) in [6.07, 6.45) is 0. The van der Waals surface area contributed by atoms with Gasteiger partial charge in [-0.3, -0.25) is 0 Å². The van der Waals surface area contributed by atoms with E-state index < -0.39 is 5.41 Å². The van der Waals surface area contributed by atoms with Gasteiger partial charge in [-0.05, 0) is 56.6 Å². The number of hydrogen-bond donors (Lipinski definition) is 0. The second-order valence-electron chi connectivity index (χ2n) is 13.1. The molecule has 0 N–H and O–H groups in total. The SMILES string of the molecule is c1ccc(-c2nc(-c3ccccc3)nc(-c3ccc4c(c3)C3(c5ccccc5-4)c4ccccc4-c4ccc5c(sc6ccccc65)c43)n2)cc1. The highest BCUT2D eigenvalue weighted by Gasteiger charge is 2.52. The van der Waals surface area contributed by atoms with Crippen LogP contribution in [0.15, 0.2) is 164 Å². The van der Waals surface area contributed by atoms with Crippen molar-refractivity contribution in [1.82, 2.24) is 15.0 Å². The fraction of sp³-hybridized carbons (Fsp3) is 0.0217. The third-order valence-electron chi connectivity index (χ3n) is 10.5. The van der Waals surface area contributed by atoms with E-state index >= 15 is 0 Å². The van der Waals surface area contributed by atoms with Gasteiger partial charge < -0.3 is 0 Å². The molecule has 2 aliphatic carbocycles. The highest BCUT2D eigenvalue weighted by Crippen LogP contribution is 2.65. The van der Waals surface area contributed by atoms with Crippen LogP contribution in [0.1, 0.15) is 22.3 Å². The molecule has 232 valence electrons. The van der Waals surface area contributed by atoms with E-state index in [1.165, 1.54) is 64.7 Å². The van der Waals surface area contributed by atoms with Crippen molar-refractivity contribution in [2.45, 2.75) is 5.41 Å². The third-order valence-corrected chi connectivity index (χ3v) is 11.7. The van der Waals surface area contributed by atoms with E-state index in [-0.39, 0.29) is 0 Å². The van der Waals surface area contributed by atoms with Crippen molar-refractivity contribution in [2.75, 3.05) is 0 Å². The second-order valence-corrected chi connectivity index (χ2v) is 14.2. The van der Waals surface area contributed by atoms with Crippen LogP contribution in [0.2, 0.25) is 0 Å². The predicted octanol–water partition coefficient (Wildman–Crippen LogP) is 11.6. The van der Waals surface area contributed by atoms with Gasteiger partial charge in [0.2, 0.25) is 0 Å². The molecule has 0 amide bonds. The van der Waals surface area contributed by atoms with Crippen LogP contribution >= 0.6 is 11.3 Å². The van der Waals surface area contributed by atoms with Crippen molar-refractivity contribution < 1.29 is 0 Å². The third kappa shape index (κ3) is 3.71. The van der Waals surface area contributed by atoms with Gasteiger partial charge in [0.25, 0.3) is 0 Å². The number of benzene rings is 7. The molecule has 9 aromatic rings. The first-order valence-electron chi connectivity index (χ1n) is 17.0. The summed E-state index contributed by atoms with van der Waals surface area (Å²) in [4.78, 5) is 15.2. The molecule has 2 heterocycles. The molecule has 1 unspecified atom stereocenters. The Balaban J connectivity index is 1.23. The number of rotatable bonds is 3. The van der Waals surface area contributed by atoms with Crippen LogP contribution in [0.5, 0.6) is 0 Å². The molecular formula is C46H27N3S. The van der Waals surface area contributed by atoms with E-state index in [0.717, 1.165) is 16.7 Å². The molecular weight excluding hydrogens is 627 g/mol. The molecule has 0 bridgehead atoms. The molecule has 1 atom stereocenters. The van der Waals surface area contributed by atoms with Gasteiger partial charge in [0.05, 0.1) is 5.41 Å². The van der Waals surface area contributed by atoms with Crippen molar-refractivity contribution in [3.05, 3.63) is 186 Å². The summed E-state index contributed by atoms with van der Waals surface area (Å²) in [6, 6.07) is 58.8. The van der Waals surface area contributed by atoms with Crippen LogP contribution in [0.25, 0.3) is 76.6 Å². The van der Waals surface area contributed by atoms with E-state index in [1.54, 1.807) is 0 Å². The second kappa shape index (κ2) is 10.4. The Bertz CT molecular complexity index is 2750. The molecule has 0 fully saturated rings. The van der Waals surface area contributed by atoms with Crippen LogP contribution in [0.3, 0.4) is 0 Å². The Hall–Kier alpha value is -6.23. The van der Waals surface area contributed by atoms with E-state index in [2.05, 4.69) is 127 Å². The Kier molecular flexibility index (Phi) is 5.75. The van der Waals surface area contributed by atoms with Crippen LogP contribution in [-0.4, -0.2) is 15.0 Å². The van der Waals surface area contributed by atoms with Crippen LogP contribution < -0.4 is 0 Å². The molecule has 2 aromatic heterocycles. The van der Waals surface area contributed by atoms with Crippen molar-refractivity contribution in [1.29, 1.82) is 0 Å². The van der Waals surface area contributed by atoms with E-state index in [0.29, 0.717) is 17.5 Å². The van der Waals surface area contributed by atoms with Crippen molar-refractivity contribution in [3.63, 3.8) is 0 Å². The highest BCUT2D eigenvalue weighted by molar-refractivity contribution is 7.26. The summed E-state index contributed by atoms with van der Waals surface area (Å²) in [7, 11) is 0. The lowest BCUT2D eigenvalue weighted by atomic mass is 9.70. The molecule has 1 spiro atoms. The van der Waals surface area contributed by atoms with Crippen LogP contribution in [-0.2, 0) is 5.41 Å². The maximum atomic E-state index is 5.14. The molecule has 0 saturated carbocycles. The van der Waals surface area contributed by atoms with Gasteiger partial charge in [-0.1, -0.05) is 152 Å². The quantitative estimate of drug-likeness (QED) is 0.190. The average Bonchev–Trinajstić information content (AvgIpc) is 3.82. The molecule has 3 nitrogen and oxygen atoms in total.